The molecule has 32 heavy (non-hydrogen) atoms. The van der Waals surface area contributed by atoms with Crippen LogP contribution in [0.15, 0.2) is 24.4 Å². The second kappa shape index (κ2) is 9.08. The molecule has 8 nitrogen and oxygen atoms in total. The van der Waals surface area contributed by atoms with Crippen LogP contribution in [0.4, 0.5) is 0 Å². The molecule has 1 aliphatic carbocycles. The molecule has 1 spiro atoms. The van der Waals surface area contributed by atoms with Gasteiger partial charge in [0.15, 0.2) is 0 Å². The monoisotopic (exact) mass is 442 g/mol. The molecule has 5 rings (SSSR count). The predicted octanol–water partition coefficient (Wildman–Crippen LogP) is 1.30. The van der Waals surface area contributed by atoms with Crippen LogP contribution in [0.25, 0.3) is 0 Å². The lowest BCUT2D eigenvalue weighted by Crippen LogP contribution is -2.61. The highest BCUT2D eigenvalue weighted by Gasteiger charge is 2.50. The van der Waals surface area contributed by atoms with E-state index in [1.165, 1.54) is 12.8 Å². The number of likely N-dealkylation sites (tertiary alicyclic amines) is 1. The summed E-state index contributed by atoms with van der Waals surface area (Å²) in [5, 5.41) is 0. The zero-order chi connectivity index (χ0) is 22.1. The Balaban J connectivity index is 1.27. The number of likely N-dealkylation sites (N-methyl/N-ethyl adjacent to an activating group) is 1. The van der Waals surface area contributed by atoms with Crippen molar-refractivity contribution >= 4 is 11.8 Å². The van der Waals surface area contributed by atoms with Gasteiger partial charge in [-0.15, -0.1) is 0 Å². The maximum absolute atomic E-state index is 13.4. The lowest BCUT2D eigenvalue weighted by molar-refractivity contribution is -0.178. The van der Waals surface area contributed by atoms with E-state index in [1.54, 1.807) is 11.1 Å². The quantitative estimate of drug-likeness (QED) is 0.661. The molecule has 0 radical (unpaired) electrons. The zero-order valence-corrected chi connectivity index (χ0v) is 18.9. The van der Waals surface area contributed by atoms with Crippen molar-refractivity contribution in [3.8, 4) is 0 Å². The number of nitrogens with zero attached hydrogens (tertiary/aromatic N) is 4. The second-order valence-electron chi connectivity index (χ2n) is 9.95. The van der Waals surface area contributed by atoms with Crippen LogP contribution in [0.2, 0.25) is 0 Å². The number of carbonyl (C=O) groups excluding carboxylic acids is 2. The highest BCUT2D eigenvalue weighted by Crippen LogP contribution is 2.36. The molecule has 4 heterocycles. The molecule has 0 aromatic carbocycles. The molecule has 3 saturated heterocycles. The first-order valence-electron chi connectivity index (χ1n) is 12.0. The molecule has 3 aliphatic heterocycles. The first-order chi connectivity index (χ1) is 15.5. The van der Waals surface area contributed by atoms with Crippen LogP contribution in [-0.2, 0) is 25.6 Å². The smallest absolute Gasteiger partial charge is 0.253 e. The fourth-order valence-electron chi connectivity index (χ4n) is 5.31. The first-order valence-corrected chi connectivity index (χ1v) is 12.0. The fourth-order valence-corrected chi connectivity index (χ4v) is 5.31. The van der Waals surface area contributed by atoms with Crippen molar-refractivity contribution in [2.45, 2.75) is 56.5 Å². The van der Waals surface area contributed by atoms with Gasteiger partial charge in [0.1, 0.15) is 17.8 Å². The van der Waals surface area contributed by atoms with E-state index in [4.69, 9.17) is 9.47 Å². The molecule has 8 heteroatoms. The van der Waals surface area contributed by atoms with Gasteiger partial charge in [0.05, 0.1) is 18.8 Å². The van der Waals surface area contributed by atoms with Crippen LogP contribution in [0, 0.1) is 5.92 Å². The molecule has 0 N–H and O–H groups in total. The van der Waals surface area contributed by atoms with E-state index in [-0.39, 0.29) is 17.9 Å². The van der Waals surface area contributed by atoms with Gasteiger partial charge in [-0.2, -0.15) is 0 Å². The highest BCUT2D eigenvalue weighted by atomic mass is 16.5. The summed E-state index contributed by atoms with van der Waals surface area (Å²) >= 11 is 0. The summed E-state index contributed by atoms with van der Waals surface area (Å²) in [6, 6.07) is 5.74. The van der Waals surface area contributed by atoms with E-state index in [0.717, 1.165) is 44.0 Å². The molecule has 0 bridgehead atoms. The largest absolute Gasteiger partial charge is 0.368 e. The van der Waals surface area contributed by atoms with Crippen molar-refractivity contribution in [2.75, 3.05) is 46.4 Å². The van der Waals surface area contributed by atoms with Crippen molar-refractivity contribution < 1.29 is 19.1 Å². The van der Waals surface area contributed by atoms with E-state index in [1.807, 2.05) is 30.1 Å². The molecule has 1 aromatic rings. The summed E-state index contributed by atoms with van der Waals surface area (Å²) < 4.78 is 12.2. The van der Waals surface area contributed by atoms with Crippen molar-refractivity contribution in [1.82, 2.24) is 19.7 Å². The number of carbonyl (C=O) groups is 2. The van der Waals surface area contributed by atoms with Crippen molar-refractivity contribution in [1.29, 1.82) is 0 Å². The Hall–Kier alpha value is -2.03. The Morgan fingerprint density at radius 2 is 2.09 bits per heavy atom. The third-order valence-corrected chi connectivity index (χ3v) is 7.15. The van der Waals surface area contributed by atoms with Gasteiger partial charge in [-0.1, -0.05) is 6.07 Å². The van der Waals surface area contributed by atoms with Crippen LogP contribution in [-0.4, -0.2) is 95.7 Å². The Bertz CT molecular complexity index is 827. The molecule has 1 saturated carbocycles. The van der Waals surface area contributed by atoms with Crippen LogP contribution in [0.5, 0.6) is 0 Å². The van der Waals surface area contributed by atoms with Crippen LogP contribution in [0.3, 0.4) is 0 Å². The molecular weight excluding hydrogens is 408 g/mol. The van der Waals surface area contributed by atoms with E-state index in [0.29, 0.717) is 32.8 Å². The Morgan fingerprint density at radius 1 is 1.22 bits per heavy atom. The fraction of sp³-hybridized carbons (Fsp3) is 0.708. The van der Waals surface area contributed by atoms with Gasteiger partial charge in [-0.25, -0.2) is 0 Å². The number of hydrogen-bond acceptors (Lipinski definition) is 6. The SMILES string of the molecule is CN(Cc1ccccn1)C(=O)[C@@H]1CN(CC2CC2)C[C@@]2(CCN(C(=O)[C@@H]3CCCO3)C2)O1. The number of rotatable bonds is 6. The summed E-state index contributed by atoms with van der Waals surface area (Å²) in [4.78, 5) is 36.6. The minimum Gasteiger partial charge on any atom is -0.368 e. The van der Waals surface area contributed by atoms with E-state index < -0.39 is 11.7 Å². The number of amides is 2. The van der Waals surface area contributed by atoms with Crippen LogP contribution < -0.4 is 0 Å². The van der Waals surface area contributed by atoms with E-state index in [2.05, 4.69) is 9.88 Å². The molecule has 4 aliphatic rings. The number of aromatic nitrogens is 1. The van der Waals surface area contributed by atoms with Gasteiger partial charge in [0.2, 0.25) is 0 Å². The van der Waals surface area contributed by atoms with Gasteiger partial charge >= 0.3 is 0 Å². The van der Waals surface area contributed by atoms with Crippen molar-refractivity contribution in [3.63, 3.8) is 0 Å². The topological polar surface area (TPSA) is 75.2 Å². The van der Waals surface area contributed by atoms with Crippen LogP contribution in [0.1, 0.15) is 37.8 Å². The van der Waals surface area contributed by atoms with Gasteiger partial charge in [-0.3, -0.25) is 19.5 Å². The summed E-state index contributed by atoms with van der Waals surface area (Å²) in [6.07, 6.45) is 5.97. The molecule has 4 fully saturated rings. The molecule has 3 atom stereocenters. The zero-order valence-electron chi connectivity index (χ0n) is 18.9. The maximum Gasteiger partial charge on any atom is 0.253 e. The number of ether oxygens (including phenoxy) is 2. The minimum absolute atomic E-state index is 0.0144. The maximum atomic E-state index is 13.4. The van der Waals surface area contributed by atoms with E-state index in [9.17, 15) is 9.59 Å². The summed E-state index contributed by atoms with van der Waals surface area (Å²) in [6.45, 7) is 4.74. The molecular formula is C24H34N4O4. The van der Waals surface area contributed by atoms with Crippen molar-refractivity contribution in [2.24, 2.45) is 5.92 Å². The van der Waals surface area contributed by atoms with Gasteiger partial charge < -0.3 is 19.3 Å². The summed E-state index contributed by atoms with van der Waals surface area (Å²) in [5.41, 5.74) is 0.381. The van der Waals surface area contributed by atoms with Crippen molar-refractivity contribution in [3.05, 3.63) is 30.1 Å². The Morgan fingerprint density at radius 3 is 2.81 bits per heavy atom. The molecule has 174 valence electrons. The standard InChI is InChI=1S/C24H34N4O4/c1-26(14-19-5-2-3-10-25-19)22(29)21-15-27(13-18-7-8-18)16-24(32-21)9-11-28(17-24)23(30)20-6-4-12-31-20/h2-3,5,10,18,20-21H,4,6-9,11-17H2,1H3/t20-,21-,24+/m0/s1. The predicted molar refractivity (Wildman–Crippen MR) is 118 cm³/mol. The van der Waals surface area contributed by atoms with Gasteiger partial charge in [0.25, 0.3) is 11.8 Å². The van der Waals surface area contributed by atoms with Gasteiger partial charge in [0, 0.05) is 46.0 Å². The minimum atomic E-state index is -0.519. The molecule has 1 aromatic heterocycles. The van der Waals surface area contributed by atoms with E-state index >= 15 is 0 Å². The summed E-state index contributed by atoms with van der Waals surface area (Å²) in [7, 11) is 1.81. The number of morpholine rings is 1. The van der Waals surface area contributed by atoms with Crippen LogP contribution >= 0.6 is 0 Å². The average molecular weight is 443 g/mol. The lowest BCUT2D eigenvalue weighted by atomic mass is 9.98. The first kappa shape index (κ1) is 21.8. The molecule has 0 unspecified atom stereocenters. The average Bonchev–Trinajstić information content (AvgIpc) is 3.27. The Labute approximate surface area is 189 Å². The summed E-state index contributed by atoms with van der Waals surface area (Å²) in [5.74, 6) is 0.801. The number of hydrogen-bond donors (Lipinski definition) is 0. The lowest BCUT2D eigenvalue weighted by Gasteiger charge is -2.44. The third kappa shape index (κ3) is 4.82. The highest BCUT2D eigenvalue weighted by molar-refractivity contribution is 5.82. The Kier molecular flexibility index (Phi) is 6.18. The molecule has 2 amide bonds. The second-order valence-corrected chi connectivity index (χ2v) is 9.95. The third-order valence-electron chi connectivity index (χ3n) is 7.15. The number of pyridine rings is 1. The van der Waals surface area contributed by atoms with Gasteiger partial charge in [-0.05, 0) is 50.2 Å². The normalized spacial score (nSPS) is 30.7.